The van der Waals surface area contributed by atoms with Gasteiger partial charge in [0.2, 0.25) is 12.5 Å². The third kappa shape index (κ3) is 3.77. The molecule has 0 fully saturated rings. The van der Waals surface area contributed by atoms with Gasteiger partial charge in [-0.1, -0.05) is 0 Å². The lowest BCUT2D eigenvalue weighted by Crippen LogP contribution is -3.00. The van der Waals surface area contributed by atoms with Crippen molar-refractivity contribution in [1.82, 2.24) is 0 Å². The number of ether oxygens (including phenoxy) is 3. The summed E-state index contributed by atoms with van der Waals surface area (Å²) in [6.07, 6.45) is 6.18. The molecule has 6 nitrogen and oxygen atoms in total. The Hall–Kier alpha value is -2.00. The highest BCUT2D eigenvalue weighted by atomic mass is 127. The van der Waals surface area contributed by atoms with Gasteiger partial charge < -0.3 is 47.1 Å². The molecular formula is C21H24INO5. The molecule has 2 aliphatic rings. The van der Waals surface area contributed by atoms with Crippen molar-refractivity contribution in [3.63, 3.8) is 0 Å². The SMILES string of the molecule is COc1c2c(cc3c1C(CC(=O)/C=C/c1ccco1)[N+](C)(C)CC3)OCO2.[I-]. The first kappa shape index (κ1) is 20.7. The number of carbonyl (C=O) groups excluding carboxylic acids is 1. The van der Waals surface area contributed by atoms with Crippen LogP contribution < -0.4 is 38.2 Å². The number of methoxy groups -OCH3 is 1. The molecule has 0 saturated carbocycles. The van der Waals surface area contributed by atoms with Gasteiger partial charge in [-0.2, -0.15) is 0 Å². The van der Waals surface area contributed by atoms with Gasteiger partial charge in [0, 0.05) is 6.42 Å². The predicted octanol–water partition coefficient (Wildman–Crippen LogP) is 0.367. The normalized spacial score (nSPS) is 19.2. The first-order valence-corrected chi connectivity index (χ1v) is 9.06. The van der Waals surface area contributed by atoms with Crippen LogP contribution in [-0.4, -0.2) is 44.8 Å². The summed E-state index contributed by atoms with van der Waals surface area (Å²) in [5, 5.41) is 0. The summed E-state index contributed by atoms with van der Waals surface area (Å²) in [5.74, 6) is 2.78. The summed E-state index contributed by atoms with van der Waals surface area (Å²) in [6.45, 7) is 1.14. The van der Waals surface area contributed by atoms with Crippen LogP contribution in [-0.2, 0) is 11.2 Å². The molecule has 0 spiro atoms. The zero-order valence-corrected chi connectivity index (χ0v) is 18.4. The summed E-state index contributed by atoms with van der Waals surface area (Å²) in [4.78, 5) is 12.7. The van der Waals surface area contributed by atoms with Crippen molar-refractivity contribution in [2.24, 2.45) is 0 Å². The number of benzene rings is 1. The van der Waals surface area contributed by atoms with E-state index >= 15 is 0 Å². The Balaban J connectivity index is 0.00000225. The molecule has 0 bridgehead atoms. The molecule has 4 rings (SSSR count). The van der Waals surface area contributed by atoms with Gasteiger partial charge in [-0.05, 0) is 35.9 Å². The van der Waals surface area contributed by atoms with E-state index in [4.69, 9.17) is 18.6 Å². The Morgan fingerprint density at radius 1 is 1.36 bits per heavy atom. The van der Waals surface area contributed by atoms with Crippen molar-refractivity contribution in [2.45, 2.75) is 18.9 Å². The molecule has 1 aromatic carbocycles. The van der Waals surface area contributed by atoms with Gasteiger partial charge in [-0.15, -0.1) is 0 Å². The van der Waals surface area contributed by atoms with E-state index in [2.05, 4.69) is 14.1 Å². The van der Waals surface area contributed by atoms with Crippen LogP contribution in [0.1, 0.15) is 29.3 Å². The average molecular weight is 497 g/mol. The lowest BCUT2D eigenvalue weighted by molar-refractivity contribution is -0.922. The van der Waals surface area contributed by atoms with E-state index in [9.17, 15) is 4.79 Å². The van der Waals surface area contributed by atoms with Gasteiger partial charge in [0.25, 0.3) is 0 Å². The van der Waals surface area contributed by atoms with Crippen molar-refractivity contribution in [3.8, 4) is 17.2 Å². The molecule has 1 atom stereocenters. The summed E-state index contributed by atoms with van der Waals surface area (Å²) < 4.78 is 22.9. The standard InChI is InChI=1S/C21H24NO5.HI/c1-22(2)9-8-14-11-18-20(27-13-26-18)21(24-3)19(14)17(22)12-15(23)6-7-16-5-4-10-25-16;/h4-7,10-11,17H,8-9,12-13H2,1-3H3;1H/q+1;/p-1/b7-6+;. The number of likely N-dealkylation sites (N-methyl/N-ethyl adjacent to an activating group) is 1. The third-order valence-electron chi connectivity index (χ3n) is 5.45. The fourth-order valence-corrected chi connectivity index (χ4v) is 3.94. The van der Waals surface area contributed by atoms with Crippen molar-refractivity contribution in [3.05, 3.63) is 47.4 Å². The van der Waals surface area contributed by atoms with E-state index in [1.54, 1.807) is 31.6 Å². The van der Waals surface area contributed by atoms with Gasteiger partial charge in [0.15, 0.2) is 17.3 Å². The smallest absolute Gasteiger partial charge is 0.231 e. The number of hydrogen-bond donors (Lipinski definition) is 0. The molecule has 150 valence electrons. The largest absolute Gasteiger partial charge is 1.00 e. The minimum Gasteiger partial charge on any atom is -1.00 e. The maximum absolute atomic E-state index is 12.7. The molecule has 2 aliphatic heterocycles. The fourth-order valence-electron chi connectivity index (χ4n) is 3.94. The Labute approximate surface area is 181 Å². The van der Waals surface area contributed by atoms with Crippen LogP contribution in [0.2, 0.25) is 0 Å². The van der Waals surface area contributed by atoms with Gasteiger partial charge in [0.1, 0.15) is 11.8 Å². The number of halogens is 1. The van der Waals surface area contributed by atoms with E-state index in [-0.39, 0.29) is 42.6 Å². The van der Waals surface area contributed by atoms with Crippen molar-refractivity contribution in [1.29, 1.82) is 0 Å². The Kier molecular flexibility index (Phi) is 6.04. The molecule has 0 amide bonds. The second-order valence-corrected chi connectivity index (χ2v) is 7.50. The molecule has 3 heterocycles. The van der Waals surface area contributed by atoms with Crippen LogP contribution in [0.4, 0.5) is 0 Å². The number of furan rings is 1. The van der Waals surface area contributed by atoms with Gasteiger partial charge >= 0.3 is 0 Å². The molecule has 0 N–H and O–H groups in total. The van der Waals surface area contributed by atoms with Crippen molar-refractivity contribution in [2.75, 3.05) is 34.5 Å². The van der Waals surface area contributed by atoms with Crippen LogP contribution in [0.15, 0.2) is 35.0 Å². The number of quaternary nitrogens is 1. The number of allylic oxidation sites excluding steroid dienone is 1. The van der Waals surface area contributed by atoms with Crippen LogP contribution >= 0.6 is 0 Å². The molecule has 0 radical (unpaired) electrons. The van der Waals surface area contributed by atoms with Crippen LogP contribution in [0.5, 0.6) is 17.2 Å². The molecular weight excluding hydrogens is 473 g/mol. The van der Waals surface area contributed by atoms with E-state index < -0.39 is 0 Å². The Bertz CT molecular complexity index is 889. The molecule has 1 unspecified atom stereocenters. The third-order valence-corrected chi connectivity index (χ3v) is 5.45. The minimum absolute atomic E-state index is 0. The number of nitrogens with zero attached hydrogens (tertiary/aromatic N) is 1. The molecule has 1 aromatic heterocycles. The van der Waals surface area contributed by atoms with E-state index in [0.29, 0.717) is 28.2 Å². The van der Waals surface area contributed by atoms with Crippen molar-refractivity contribution >= 4 is 11.9 Å². The van der Waals surface area contributed by atoms with E-state index in [1.807, 2.05) is 12.1 Å². The monoisotopic (exact) mass is 497 g/mol. The first-order chi connectivity index (χ1) is 13.0. The lowest BCUT2D eigenvalue weighted by atomic mass is 9.86. The molecule has 0 aliphatic carbocycles. The van der Waals surface area contributed by atoms with Crippen molar-refractivity contribution < 1.29 is 51.9 Å². The lowest BCUT2D eigenvalue weighted by Gasteiger charge is -2.43. The van der Waals surface area contributed by atoms with Gasteiger partial charge in [0.05, 0.1) is 46.0 Å². The zero-order valence-electron chi connectivity index (χ0n) is 16.2. The first-order valence-electron chi connectivity index (χ1n) is 9.06. The Morgan fingerprint density at radius 2 is 2.18 bits per heavy atom. The van der Waals surface area contributed by atoms with E-state index in [1.165, 1.54) is 5.56 Å². The topological polar surface area (TPSA) is 57.9 Å². The highest BCUT2D eigenvalue weighted by Gasteiger charge is 2.41. The molecule has 7 heteroatoms. The predicted molar refractivity (Wildman–Crippen MR) is 99.9 cm³/mol. The maximum Gasteiger partial charge on any atom is 0.231 e. The van der Waals surface area contributed by atoms with E-state index in [0.717, 1.165) is 24.3 Å². The number of ketones is 1. The maximum atomic E-state index is 12.7. The van der Waals surface area contributed by atoms with Crippen LogP contribution in [0.25, 0.3) is 6.08 Å². The highest BCUT2D eigenvalue weighted by molar-refractivity contribution is 5.93. The zero-order chi connectivity index (χ0) is 19.0. The highest BCUT2D eigenvalue weighted by Crippen LogP contribution is 2.51. The summed E-state index contributed by atoms with van der Waals surface area (Å²) in [7, 11) is 5.95. The summed E-state index contributed by atoms with van der Waals surface area (Å²) >= 11 is 0. The number of carbonyl (C=O) groups is 1. The number of fused-ring (bicyclic) bond motifs is 2. The van der Waals surface area contributed by atoms with Gasteiger partial charge in [-0.25, -0.2) is 0 Å². The van der Waals surface area contributed by atoms with Crippen LogP contribution in [0.3, 0.4) is 0 Å². The summed E-state index contributed by atoms with van der Waals surface area (Å²) in [5.41, 5.74) is 2.22. The minimum atomic E-state index is -0.0213. The Morgan fingerprint density at radius 3 is 2.89 bits per heavy atom. The van der Waals surface area contributed by atoms with Gasteiger partial charge in [-0.3, -0.25) is 4.79 Å². The summed E-state index contributed by atoms with van der Waals surface area (Å²) in [6, 6.07) is 5.64. The number of rotatable bonds is 5. The molecule has 2 aromatic rings. The second kappa shape index (κ2) is 8.16. The fraction of sp³-hybridized carbons (Fsp3) is 0.381. The molecule has 0 saturated heterocycles. The second-order valence-electron chi connectivity index (χ2n) is 7.50. The average Bonchev–Trinajstić information content (AvgIpc) is 3.32. The molecule has 28 heavy (non-hydrogen) atoms. The number of hydrogen-bond acceptors (Lipinski definition) is 5. The van der Waals surface area contributed by atoms with Crippen LogP contribution in [0, 0.1) is 0 Å². The quantitative estimate of drug-likeness (QED) is 0.340.